The molecule has 10 heavy (non-hydrogen) atoms. The molecule has 0 aromatic carbocycles. The lowest BCUT2D eigenvalue weighted by Gasteiger charge is -2.11. The molecular weight excluding hydrogens is 124 g/mol. The molecule has 2 nitrogen and oxygen atoms in total. The van der Waals surface area contributed by atoms with Crippen molar-refractivity contribution in [2.45, 2.75) is 27.2 Å². The largest absolute Gasteiger partial charge is 0.303 e. The summed E-state index contributed by atoms with van der Waals surface area (Å²) >= 11 is 0. The molecule has 0 aliphatic carbocycles. The van der Waals surface area contributed by atoms with Crippen LogP contribution < -0.4 is 0 Å². The summed E-state index contributed by atoms with van der Waals surface area (Å²) in [6, 6.07) is 0. The fourth-order valence-corrected chi connectivity index (χ4v) is 0.851. The van der Waals surface area contributed by atoms with E-state index in [1.54, 1.807) is 0 Å². The van der Waals surface area contributed by atoms with E-state index in [0.717, 1.165) is 6.42 Å². The van der Waals surface area contributed by atoms with Crippen molar-refractivity contribution in [3.05, 3.63) is 0 Å². The summed E-state index contributed by atoms with van der Waals surface area (Å²) in [5, 5.41) is 6.20. The third kappa shape index (κ3) is 3.49. The van der Waals surface area contributed by atoms with E-state index < -0.39 is 0 Å². The molecule has 0 saturated heterocycles. The Balaban J connectivity index is 4.04. The molecule has 0 aromatic rings. The van der Waals surface area contributed by atoms with Crippen LogP contribution in [-0.4, -0.2) is 24.8 Å². The zero-order valence-electron chi connectivity index (χ0n) is 7.68. The lowest BCUT2D eigenvalue weighted by molar-refractivity contribution is 0.432. The number of nitrogens with zero attached hydrogens (tertiary/aromatic N) is 2. The van der Waals surface area contributed by atoms with Gasteiger partial charge in [-0.2, -0.15) is 5.10 Å². The van der Waals surface area contributed by atoms with E-state index in [1.165, 1.54) is 5.71 Å². The van der Waals surface area contributed by atoms with E-state index in [2.05, 4.69) is 25.9 Å². The van der Waals surface area contributed by atoms with E-state index >= 15 is 0 Å². The average molecular weight is 142 g/mol. The normalized spacial score (nSPS) is 12.4. The van der Waals surface area contributed by atoms with Crippen molar-refractivity contribution in [2.75, 3.05) is 14.1 Å². The highest BCUT2D eigenvalue weighted by atomic mass is 15.4. The van der Waals surface area contributed by atoms with Gasteiger partial charge in [-0.25, -0.2) is 0 Å². The predicted octanol–water partition coefficient (Wildman–Crippen LogP) is 1.97. The molecule has 2 heteroatoms. The maximum Gasteiger partial charge on any atom is 0.0403 e. The van der Waals surface area contributed by atoms with Crippen molar-refractivity contribution in [2.24, 2.45) is 11.0 Å². The molecule has 0 rings (SSSR count). The van der Waals surface area contributed by atoms with Gasteiger partial charge in [-0.15, -0.1) is 0 Å². The first-order valence-corrected chi connectivity index (χ1v) is 3.82. The molecule has 0 unspecified atom stereocenters. The number of hydrogen-bond donors (Lipinski definition) is 0. The summed E-state index contributed by atoms with van der Waals surface area (Å²) in [5.41, 5.74) is 1.27. The Morgan fingerprint density at radius 3 is 2.00 bits per heavy atom. The van der Waals surface area contributed by atoms with Crippen LogP contribution >= 0.6 is 0 Å². The van der Waals surface area contributed by atoms with Crippen molar-refractivity contribution in [3.63, 3.8) is 0 Å². The lowest BCUT2D eigenvalue weighted by Crippen LogP contribution is -2.12. The van der Waals surface area contributed by atoms with Crippen LogP contribution in [0.4, 0.5) is 0 Å². The van der Waals surface area contributed by atoms with Gasteiger partial charge in [-0.3, -0.25) is 0 Å². The maximum absolute atomic E-state index is 4.34. The molecule has 60 valence electrons. The molecule has 0 N–H and O–H groups in total. The Labute approximate surface area is 63.9 Å². The molecule has 0 spiro atoms. The Kier molecular flexibility index (Phi) is 4.08. The van der Waals surface area contributed by atoms with Gasteiger partial charge in [0, 0.05) is 19.8 Å². The summed E-state index contributed by atoms with van der Waals surface area (Å²) < 4.78 is 0. The monoisotopic (exact) mass is 142 g/mol. The average Bonchev–Trinajstić information content (AvgIpc) is 1.81. The smallest absolute Gasteiger partial charge is 0.0403 e. The minimum Gasteiger partial charge on any atom is -0.303 e. The molecule has 0 heterocycles. The molecule has 0 bridgehead atoms. The minimum atomic E-state index is 0.576. The Hall–Kier alpha value is -0.530. The number of rotatable bonds is 3. The van der Waals surface area contributed by atoms with E-state index in [0.29, 0.717) is 5.92 Å². The van der Waals surface area contributed by atoms with Crippen molar-refractivity contribution in [3.8, 4) is 0 Å². The topological polar surface area (TPSA) is 15.6 Å². The second kappa shape index (κ2) is 4.31. The van der Waals surface area contributed by atoms with E-state index in [9.17, 15) is 0 Å². The Morgan fingerprint density at radius 1 is 1.40 bits per heavy atom. The third-order valence-corrected chi connectivity index (χ3v) is 1.36. The van der Waals surface area contributed by atoms with Crippen LogP contribution in [0.15, 0.2) is 5.10 Å². The highest BCUT2D eigenvalue weighted by Gasteiger charge is 2.01. The molecule has 0 fully saturated rings. The second-order valence-corrected chi connectivity index (χ2v) is 2.95. The zero-order valence-corrected chi connectivity index (χ0v) is 7.68. The van der Waals surface area contributed by atoms with Gasteiger partial charge in [0.25, 0.3) is 0 Å². The minimum absolute atomic E-state index is 0.576. The lowest BCUT2D eigenvalue weighted by atomic mass is 10.1. The predicted molar refractivity (Wildman–Crippen MR) is 46.3 cm³/mol. The number of hydrazone groups is 1. The van der Waals surface area contributed by atoms with E-state index in [4.69, 9.17) is 0 Å². The van der Waals surface area contributed by atoms with Gasteiger partial charge >= 0.3 is 0 Å². The molecule has 0 radical (unpaired) electrons. The molecule has 0 saturated carbocycles. The van der Waals surface area contributed by atoms with E-state index in [-0.39, 0.29) is 0 Å². The summed E-state index contributed by atoms with van der Waals surface area (Å²) in [7, 11) is 3.91. The fourth-order valence-electron chi connectivity index (χ4n) is 0.851. The summed E-state index contributed by atoms with van der Waals surface area (Å²) in [6.45, 7) is 6.49. The first kappa shape index (κ1) is 9.47. The maximum atomic E-state index is 4.34. The van der Waals surface area contributed by atoms with Crippen LogP contribution in [-0.2, 0) is 0 Å². The van der Waals surface area contributed by atoms with Gasteiger partial charge in [-0.1, -0.05) is 20.8 Å². The van der Waals surface area contributed by atoms with Crippen LogP contribution in [0, 0.1) is 5.92 Å². The first-order valence-electron chi connectivity index (χ1n) is 3.82. The van der Waals surface area contributed by atoms with Crippen LogP contribution in [0.2, 0.25) is 0 Å². The third-order valence-electron chi connectivity index (χ3n) is 1.36. The first-order chi connectivity index (χ1) is 4.57. The Morgan fingerprint density at radius 2 is 1.90 bits per heavy atom. The van der Waals surface area contributed by atoms with Gasteiger partial charge in [0.2, 0.25) is 0 Å². The molecular formula is C8H18N2. The SMILES string of the molecule is CC/C(=N\N(C)C)C(C)C. The second-order valence-electron chi connectivity index (χ2n) is 2.95. The van der Waals surface area contributed by atoms with Gasteiger partial charge < -0.3 is 5.01 Å². The quantitative estimate of drug-likeness (QED) is 0.434. The summed E-state index contributed by atoms with van der Waals surface area (Å²) in [5.74, 6) is 0.576. The standard InChI is InChI=1S/C8H18N2/c1-6-8(7(2)3)9-10(4)5/h7H,6H2,1-5H3/b9-8+. The van der Waals surface area contributed by atoms with Crippen molar-refractivity contribution in [1.82, 2.24) is 5.01 Å². The Bertz CT molecular complexity index is 114. The van der Waals surface area contributed by atoms with Crippen LogP contribution in [0.3, 0.4) is 0 Å². The zero-order chi connectivity index (χ0) is 8.15. The highest BCUT2D eigenvalue weighted by Crippen LogP contribution is 2.01. The summed E-state index contributed by atoms with van der Waals surface area (Å²) in [4.78, 5) is 0. The molecule has 0 atom stereocenters. The van der Waals surface area contributed by atoms with Gasteiger partial charge in [0.15, 0.2) is 0 Å². The van der Waals surface area contributed by atoms with Crippen molar-refractivity contribution < 1.29 is 0 Å². The molecule has 0 amide bonds. The fraction of sp³-hybridized carbons (Fsp3) is 0.875. The molecule has 0 aliphatic rings. The highest BCUT2D eigenvalue weighted by molar-refractivity contribution is 5.85. The molecule has 0 aromatic heterocycles. The van der Waals surface area contributed by atoms with Gasteiger partial charge in [-0.05, 0) is 12.3 Å². The molecule has 0 aliphatic heterocycles. The van der Waals surface area contributed by atoms with Crippen LogP contribution in [0.5, 0.6) is 0 Å². The van der Waals surface area contributed by atoms with E-state index in [1.807, 2.05) is 19.1 Å². The number of hydrogen-bond acceptors (Lipinski definition) is 2. The van der Waals surface area contributed by atoms with Crippen LogP contribution in [0.25, 0.3) is 0 Å². The van der Waals surface area contributed by atoms with Crippen LogP contribution in [0.1, 0.15) is 27.2 Å². The van der Waals surface area contributed by atoms with Gasteiger partial charge in [0.05, 0.1) is 0 Å². The van der Waals surface area contributed by atoms with Crippen molar-refractivity contribution >= 4 is 5.71 Å². The summed E-state index contributed by atoms with van der Waals surface area (Å²) in [6.07, 6.45) is 1.05. The van der Waals surface area contributed by atoms with Gasteiger partial charge in [0.1, 0.15) is 0 Å². The van der Waals surface area contributed by atoms with Crippen molar-refractivity contribution in [1.29, 1.82) is 0 Å².